The Kier molecular flexibility index (Phi) is 7.37. The van der Waals surface area contributed by atoms with Crippen LogP contribution in [0.15, 0.2) is 59.6 Å². The molecule has 1 unspecified atom stereocenters. The van der Waals surface area contributed by atoms with Crippen LogP contribution in [0.3, 0.4) is 0 Å². The number of carbonyl (C=O) groups excluding carboxylic acids is 1. The first-order valence-electron chi connectivity index (χ1n) is 10.4. The number of para-hydroxylation sites is 2. The molecule has 0 spiro atoms. The lowest BCUT2D eigenvalue weighted by Gasteiger charge is -2.29. The van der Waals surface area contributed by atoms with Crippen LogP contribution in [0.2, 0.25) is 0 Å². The largest absolute Gasteiger partial charge is 0.347 e. The Morgan fingerprint density at radius 3 is 2.45 bits per heavy atom. The number of hydrogen-bond acceptors (Lipinski definition) is 3. The molecule has 1 saturated heterocycles. The summed E-state index contributed by atoms with van der Waals surface area (Å²) in [6, 6.07) is 17.6. The Labute approximate surface area is 178 Å². The highest BCUT2D eigenvalue weighted by atomic mass is 32.2. The van der Waals surface area contributed by atoms with E-state index in [0.717, 1.165) is 35.3 Å². The van der Waals surface area contributed by atoms with E-state index in [9.17, 15) is 4.79 Å². The van der Waals surface area contributed by atoms with Crippen LogP contribution in [-0.4, -0.2) is 34.3 Å². The van der Waals surface area contributed by atoms with Gasteiger partial charge in [0.25, 0.3) is 5.91 Å². The number of amides is 1. The van der Waals surface area contributed by atoms with Crippen LogP contribution in [0, 0.1) is 11.8 Å². The van der Waals surface area contributed by atoms with Crippen molar-refractivity contribution in [1.29, 1.82) is 0 Å². The molecule has 1 amide bonds. The van der Waals surface area contributed by atoms with Gasteiger partial charge in [-0.05, 0) is 42.5 Å². The number of amidine groups is 1. The fourth-order valence-corrected chi connectivity index (χ4v) is 4.75. The van der Waals surface area contributed by atoms with Gasteiger partial charge in [0.15, 0.2) is 5.17 Å². The Balaban J connectivity index is 1.86. The molecule has 1 aliphatic rings. The van der Waals surface area contributed by atoms with Crippen molar-refractivity contribution in [3.8, 4) is 0 Å². The molecule has 2 aromatic rings. The third-order valence-corrected chi connectivity index (χ3v) is 5.93. The van der Waals surface area contributed by atoms with Crippen molar-refractivity contribution in [2.45, 2.75) is 40.2 Å². The van der Waals surface area contributed by atoms with E-state index in [1.807, 2.05) is 54.6 Å². The van der Waals surface area contributed by atoms with Crippen LogP contribution in [-0.2, 0) is 0 Å². The minimum atomic E-state index is -0.131. The van der Waals surface area contributed by atoms with Crippen molar-refractivity contribution in [3.05, 3.63) is 60.2 Å². The molecule has 1 heterocycles. The standard InChI is InChI=1S/C24H31N3OS/c1-17(2)14-20-16-29-24(27(20)15-18(3)4)26-22-13-9-8-12-21(22)23(28)25-19-10-6-5-7-11-19/h5-13,17-18,20H,14-16H2,1-4H3,(H,25,28)/b26-24-. The van der Waals surface area contributed by atoms with Crippen molar-refractivity contribution in [2.24, 2.45) is 16.8 Å². The van der Waals surface area contributed by atoms with Crippen molar-refractivity contribution >= 4 is 34.2 Å². The molecule has 29 heavy (non-hydrogen) atoms. The molecule has 0 radical (unpaired) electrons. The highest BCUT2D eigenvalue weighted by Gasteiger charge is 2.31. The van der Waals surface area contributed by atoms with E-state index >= 15 is 0 Å². The lowest BCUT2D eigenvalue weighted by atomic mass is 10.0. The summed E-state index contributed by atoms with van der Waals surface area (Å²) in [5, 5.41) is 4.00. The van der Waals surface area contributed by atoms with Crippen LogP contribution in [0.4, 0.5) is 11.4 Å². The summed E-state index contributed by atoms with van der Waals surface area (Å²) in [5.41, 5.74) is 2.11. The highest BCUT2D eigenvalue weighted by Crippen LogP contribution is 2.32. The predicted molar refractivity (Wildman–Crippen MR) is 125 cm³/mol. The van der Waals surface area contributed by atoms with E-state index in [1.165, 1.54) is 0 Å². The van der Waals surface area contributed by atoms with Crippen molar-refractivity contribution in [2.75, 3.05) is 17.6 Å². The van der Waals surface area contributed by atoms with Gasteiger partial charge in [0, 0.05) is 24.0 Å². The summed E-state index contributed by atoms with van der Waals surface area (Å²) in [6.07, 6.45) is 1.16. The number of carbonyl (C=O) groups is 1. The van der Waals surface area contributed by atoms with Crippen LogP contribution in [0.1, 0.15) is 44.5 Å². The van der Waals surface area contributed by atoms with Crippen LogP contribution < -0.4 is 5.32 Å². The third-order valence-electron chi connectivity index (χ3n) is 4.79. The van der Waals surface area contributed by atoms with E-state index in [1.54, 1.807) is 11.8 Å². The number of anilines is 1. The lowest BCUT2D eigenvalue weighted by molar-refractivity contribution is 0.102. The number of rotatable bonds is 7. The first kappa shape index (κ1) is 21.4. The normalized spacial score (nSPS) is 18.1. The summed E-state index contributed by atoms with van der Waals surface area (Å²) in [6.45, 7) is 10.0. The SMILES string of the molecule is CC(C)CC1CS/C(=N\c2ccccc2C(=O)Nc2ccccc2)N1CC(C)C. The van der Waals surface area contributed by atoms with E-state index in [4.69, 9.17) is 4.99 Å². The van der Waals surface area contributed by atoms with Gasteiger partial charge in [-0.15, -0.1) is 0 Å². The maximum Gasteiger partial charge on any atom is 0.257 e. The maximum atomic E-state index is 12.9. The first-order chi connectivity index (χ1) is 13.9. The van der Waals surface area contributed by atoms with Gasteiger partial charge in [-0.2, -0.15) is 0 Å². The molecular formula is C24H31N3OS. The number of nitrogens with one attached hydrogen (secondary N) is 1. The van der Waals surface area contributed by atoms with Gasteiger partial charge in [-0.25, -0.2) is 4.99 Å². The van der Waals surface area contributed by atoms with Crippen molar-refractivity contribution < 1.29 is 4.79 Å². The van der Waals surface area contributed by atoms with E-state index < -0.39 is 0 Å². The molecule has 0 saturated carbocycles. The second-order valence-electron chi connectivity index (χ2n) is 8.37. The van der Waals surface area contributed by atoms with Gasteiger partial charge in [0.1, 0.15) is 0 Å². The van der Waals surface area contributed by atoms with Crippen molar-refractivity contribution in [1.82, 2.24) is 4.90 Å². The molecule has 1 aliphatic heterocycles. The molecule has 1 atom stereocenters. The third kappa shape index (κ3) is 5.86. The smallest absolute Gasteiger partial charge is 0.257 e. The average Bonchev–Trinajstić information content (AvgIpc) is 3.03. The van der Waals surface area contributed by atoms with E-state index in [2.05, 4.69) is 37.9 Å². The van der Waals surface area contributed by atoms with Gasteiger partial charge in [0.05, 0.1) is 11.3 Å². The molecule has 0 bridgehead atoms. The van der Waals surface area contributed by atoms with Gasteiger partial charge >= 0.3 is 0 Å². The zero-order chi connectivity index (χ0) is 20.8. The van der Waals surface area contributed by atoms with Gasteiger partial charge in [-0.3, -0.25) is 4.79 Å². The molecule has 1 N–H and O–H groups in total. The maximum absolute atomic E-state index is 12.9. The topological polar surface area (TPSA) is 44.7 Å². The molecule has 2 aromatic carbocycles. The quantitative estimate of drug-likeness (QED) is 0.606. The summed E-state index contributed by atoms with van der Waals surface area (Å²) >= 11 is 1.81. The van der Waals surface area contributed by atoms with E-state index in [-0.39, 0.29) is 5.91 Å². The number of benzene rings is 2. The van der Waals surface area contributed by atoms with Gasteiger partial charge in [0.2, 0.25) is 0 Å². The predicted octanol–water partition coefficient (Wildman–Crippen LogP) is 6.05. The van der Waals surface area contributed by atoms with Gasteiger partial charge in [-0.1, -0.05) is 69.8 Å². The monoisotopic (exact) mass is 409 g/mol. The summed E-state index contributed by atoms with van der Waals surface area (Å²) in [7, 11) is 0. The number of nitrogens with zero attached hydrogens (tertiary/aromatic N) is 2. The van der Waals surface area contributed by atoms with E-state index in [0.29, 0.717) is 23.4 Å². The molecule has 0 aromatic heterocycles. The second kappa shape index (κ2) is 9.97. The summed E-state index contributed by atoms with van der Waals surface area (Å²) in [5.74, 6) is 2.14. The number of aliphatic imine (C=N–C) groups is 1. The fourth-order valence-electron chi connectivity index (χ4n) is 3.54. The van der Waals surface area contributed by atoms with Crippen molar-refractivity contribution in [3.63, 3.8) is 0 Å². The zero-order valence-corrected chi connectivity index (χ0v) is 18.6. The zero-order valence-electron chi connectivity index (χ0n) is 17.8. The van der Waals surface area contributed by atoms with Crippen LogP contribution in [0.25, 0.3) is 0 Å². The Morgan fingerprint density at radius 2 is 1.76 bits per heavy atom. The average molecular weight is 410 g/mol. The Hall–Kier alpha value is -2.27. The minimum absolute atomic E-state index is 0.131. The van der Waals surface area contributed by atoms with Crippen LogP contribution in [0.5, 0.6) is 0 Å². The summed E-state index contributed by atoms with van der Waals surface area (Å²) in [4.78, 5) is 20.3. The lowest BCUT2D eigenvalue weighted by Crippen LogP contribution is -2.37. The number of hydrogen-bond donors (Lipinski definition) is 1. The highest BCUT2D eigenvalue weighted by molar-refractivity contribution is 8.14. The molecule has 5 heteroatoms. The Morgan fingerprint density at radius 1 is 1.07 bits per heavy atom. The molecule has 4 nitrogen and oxygen atoms in total. The molecule has 3 rings (SSSR count). The second-order valence-corrected chi connectivity index (χ2v) is 9.36. The van der Waals surface area contributed by atoms with Gasteiger partial charge < -0.3 is 10.2 Å². The van der Waals surface area contributed by atoms with Crippen LogP contribution >= 0.6 is 11.8 Å². The molecule has 154 valence electrons. The Bertz CT molecular complexity index is 848. The fraction of sp³-hybridized carbons (Fsp3) is 0.417. The minimum Gasteiger partial charge on any atom is -0.347 e. The summed E-state index contributed by atoms with van der Waals surface area (Å²) < 4.78 is 0. The molecule has 1 fully saturated rings. The first-order valence-corrected chi connectivity index (χ1v) is 11.4. The number of thioether (sulfide) groups is 1. The molecular weight excluding hydrogens is 378 g/mol. The molecule has 0 aliphatic carbocycles.